The Morgan fingerprint density at radius 2 is 2.36 bits per heavy atom. The van der Waals surface area contributed by atoms with Crippen LogP contribution < -0.4 is 5.32 Å². The Kier molecular flexibility index (Phi) is 2.11. The Labute approximate surface area is 82.4 Å². The van der Waals surface area contributed by atoms with Crippen molar-refractivity contribution in [3.05, 3.63) is 30.0 Å². The maximum absolute atomic E-state index is 8.64. The van der Waals surface area contributed by atoms with E-state index in [1.54, 1.807) is 0 Å². The molecular formula is C11H11N3. The van der Waals surface area contributed by atoms with Crippen LogP contribution in [0.1, 0.15) is 5.56 Å². The monoisotopic (exact) mass is 185 g/mol. The lowest BCUT2D eigenvalue weighted by atomic mass is 10.1. The van der Waals surface area contributed by atoms with Crippen molar-refractivity contribution in [2.24, 2.45) is 0 Å². The van der Waals surface area contributed by atoms with E-state index in [9.17, 15) is 0 Å². The van der Waals surface area contributed by atoms with Gasteiger partial charge in [0.05, 0.1) is 12.5 Å². The number of rotatable bonds is 2. The van der Waals surface area contributed by atoms with Crippen molar-refractivity contribution in [2.75, 3.05) is 12.4 Å². The molecule has 2 N–H and O–H groups in total. The van der Waals surface area contributed by atoms with Crippen molar-refractivity contribution >= 4 is 16.6 Å². The predicted molar refractivity (Wildman–Crippen MR) is 57.2 cm³/mol. The highest BCUT2D eigenvalue weighted by molar-refractivity contribution is 5.86. The normalized spacial score (nSPS) is 10.0. The van der Waals surface area contributed by atoms with Gasteiger partial charge in [-0.15, -0.1) is 0 Å². The number of hydrogen-bond donors (Lipinski definition) is 2. The number of hydrogen-bond acceptors (Lipinski definition) is 2. The van der Waals surface area contributed by atoms with Crippen molar-refractivity contribution in [2.45, 2.75) is 6.42 Å². The van der Waals surface area contributed by atoms with E-state index in [0.717, 1.165) is 22.2 Å². The van der Waals surface area contributed by atoms with Gasteiger partial charge in [0.15, 0.2) is 0 Å². The molecule has 0 saturated heterocycles. The minimum absolute atomic E-state index is 0.452. The molecule has 0 bridgehead atoms. The van der Waals surface area contributed by atoms with Gasteiger partial charge < -0.3 is 10.3 Å². The lowest BCUT2D eigenvalue weighted by Gasteiger charge is -1.99. The van der Waals surface area contributed by atoms with E-state index in [0.29, 0.717) is 6.42 Å². The average molecular weight is 185 g/mol. The molecule has 0 aliphatic carbocycles. The van der Waals surface area contributed by atoms with E-state index in [2.05, 4.69) is 22.4 Å². The summed E-state index contributed by atoms with van der Waals surface area (Å²) in [6, 6.07) is 8.24. The fraction of sp³-hybridized carbons (Fsp3) is 0.182. The highest BCUT2D eigenvalue weighted by atomic mass is 14.8. The highest BCUT2D eigenvalue weighted by Crippen LogP contribution is 2.22. The zero-order valence-corrected chi connectivity index (χ0v) is 7.96. The molecule has 0 unspecified atom stereocenters. The van der Waals surface area contributed by atoms with Gasteiger partial charge in [0.1, 0.15) is 0 Å². The molecule has 0 radical (unpaired) electrons. The second-order valence-electron chi connectivity index (χ2n) is 3.16. The third-order valence-electron chi connectivity index (χ3n) is 2.33. The van der Waals surface area contributed by atoms with Crippen molar-refractivity contribution in [3.8, 4) is 6.07 Å². The van der Waals surface area contributed by atoms with Gasteiger partial charge in [-0.1, -0.05) is 0 Å². The van der Waals surface area contributed by atoms with Gasteiger partial charge in [-0.2, -0.15) is 5.26 Å². The first-order valence-electron chi connectivity index (χ1n) is 4.50. The van der Waals surface area contributed by atoms with Crippen LogP contribution >= 0.6 is 0 Å². The van der Waals surface area contributed by atoms with Crippen LogP contribution in [0, 0.1) is 11.3 Å². The molecule has 3 heteroatoms. The number of benzene rings is 1. The zero-order chi connectivity index (χ0) is 9.97. The van der Waals surface area contributed by atoms with Crippen LogP contribution in [-0.4, -0.2) is 12.0 Å². The molecule has 3 nitrogen and oxygen atoms in total. The number of nitrogens with one attached hydrogen (secondary N) is 2. The lowest BCUT2D eigenvalue weighted by molar-refractivity contribution is 1.28. The molecule has 1 aromatic carbocycles. The quantitative estimate of drug-likeness (QED) is 0.754. The number of anilines is 1. The zero-order valence-electron chi connectivity index (χ0n) is 7.96. The Bertz CT molecular complexity index is 491. The van der Waals surface area contributed by atoms with E-state index in [4.69, 9.17) is 5.26 Å². The van der Waals surface area contributed by atoms with Gasteiger partial charge in [0, 0.05) is 29.8 Å². The maximum Gasteiger partial charge on any atom is 0.0670 e. The summed E-state index contributed by atoms with van der Waals surface area (Å²) in [5, 5.41) is 12.8. The summed E-state index contributed by atoms with van der Waals surface area (Å²) < 4.78 is 0. The lowest BCUT2D eigenvalue weighted by Crippen LogP contribution is -1.87. The number of fused-ring (bicyclic) bond motifs is 1. The third kappa shape index (κ3) is 1.31. The molecule has 14 heavy (non-hydrogen) atoms. The molecule has 0 atom stereocenters. The van der Waals surface area contributed by atoms with Crippen LogP contribution in [0.3, 0.4) is 0 Å². The summed E-state index contributed by atoms with van der Waals surface area (Å²) in [6.07, 6.45) is 2.35. The van der Waals surface area contributed by atoms with Crippen LogP contribution in [0.5, 0.6) is 0 Å². The SMILES string of the molecule is CNc1ccc2[nH]cc(CC#N)c2c1. The highest BCUT2D eigenvalue weighted by Gasteiger charge is 2.03. The van der Waals surface area contributed by atoms with E-state index in [-0.39, 0.29) is 0 Å². The number of nitriles is 1. The second-order valence-corrected chi connectivity index (χ2v) is 3.16. The van der Waals surface area contributed by atoms with E-state index in [1.165, 1.54) is 0 Å². The summed E-state index contributed by atoms with van der Waals surface area (Å²) in [6.45, 7) is 0. The van der Waals surface area contributed by atoms with E-state index < -0.39 is 0 Å². The summed E-state index contributed by atoms with van der Waals surface area (Å²) in [7, 11) is 1.89. The molecule has 1 aromatic heterocycles. The van der Waals surface area contributed by atoms with Crippen molar-refractivity contribution in [3.63, 3.8) is 0 Å². The van der Waals surface area contributed by atoms with Crippen LogP contribution in [-0.2, 0) is 6.42 Å². The Morgan fingerprint density at radius 1 is 1.50 bits per heavy atom. The molecule has 0 saturated carbocycles. The minimum atomic E-state index is 0.452. The maximum atomic E-state index is 8.64. The van der Waals surface area contributed by atoms with Crippen LogP contribution in [0.15, 0.2) is 24.4 Å². The van der Waals surface area contributed by atoms with Gasteiger partial charge in [0.25, 0.3) is 0 Å². The van der Waals surface area contributed by atoms with Crippen LogP contribution in [0.2, 0.25) is 0 Å². The van der Waals surface area contributed by atoms with Gasteiger partial charge in [0.2, 0.25) is 0 Å². The second kappa shape index (κ2) is 3.43. The minimum Gasteiger partial charge on any atom is -0.388 e. The van der Waals surface area contributed by atoms with Crippen molar-refractivity contribution in [1.29, 1.82) is 5.26 Å². The molecule has 0 aliphatic heterocycles. The molecule has 70 valence electrons. The third-order valence-corrected chi connectivity index (χ3v) is 2.33. The molecule has 0 fully saturated rings. The number of H-pyrrole nitrogens is 1. The standard InChI is InChI=1S/C11H11N3/c1-13-9-2-3-11-10(6-9)8(4-5-12)7-14-11/h2-3,6-7,13-14H,4H2,1H3. The van der Waals surface area contributed by atoms with Crippen molar-refractivity contribution < 1.29 is 0 Å². The average Bonchev–Trinajstić information content (AvgIpc) is 2.61. The Balaban J connectivity index is 2.59. The van der Waals surface area contributed by atoms with Gasteiger partial charge >= 0.3 is 0 Å². The first-order chi connectivity index (χ1) is 6.85. The molecule has 0 amide bonds. The largest absolute Gasteiger partial charge is 0.388 e. The summed E-state index contributed by atoms with van der Waals surface area (Å²) in [5.41, 5.74) is 3.20. The van der Waals surface area contributed by atoms with E-state index >= 15 is 0 Å². The van der Waals surface area contributed by atoms with E-state index in [1.807, 2.05) is 25.4 Å². The number of aromatic amines is 1. The number of nitrogens with zero attached hydrogens (tertiary/aromatic N) is 1. The molecular weight excluding hydrogens is 174 g/mol. The Hall–Kier alpha value is -1.95. The van der Waals surface area contributed by atoms with Crippen molar-refractivity contribution in [1.82, 2.24) is 4.98 Å². The van der Waals surface area contributed by atoms with Gasteiger partial charge in [-0.05, 0) is 23.8 Å². The Morgan fingerprint density at radius 3 is 3.07 bits per heavy atom. The van der Waals surface area contributed by atoms with Gasteiger partial charge in [-0.25, -0.2) is 0 Å². The fourth-order valence-corrected chi connectivity index (χ4v) is 1.57. The smallest absolute Gasteiger partial charge is 0.0670 e. The van der Waals surface area contributed by atoms with Crippen LogP contribution in [0.25, 0.3) is 10.9 Å². The summed E-state index contributed by atoms with van der Waals surface area (Å²) in [4.78, 5) is 3.15. The molecule has 1 heterocycles. The predicted octanol–water partition coefficient (Wildman–Crippen LogP) is 2.28. The molecule has 0 spiro atoms. The molecule has 2 rings (SSSR count). The molecule has 0 aliphatic rings. The summed E-state index contributed by atoms with van der Waals surface area (Å²) >= 11 is 0. The first kappa shape index (κ1) is 8.64. The molecule has 2 aromatic rings. The topological polar surface area (TPSA) is 51.6 Å². The summed E-state index contributed by atoms with van der Waals surface area (Å²) in [5.74, 6) is 0. The number of aromatic nitrogens is 1. The first-order valence-corrected chi connectivity index (χ1v) is 4.50. The fourth-order valence-electron chi connectivity index (χ4n) is 1.57. The van der Waals surface area contributed by atoms with Crippen LogP contribution in [0.4, 0.5) is 5.69 Å². The van der Waals surface area contributed by atoms with Gasteiger partial charge in [-0.3, -0.25) is 0 Å².